The van der Waals surface area contributed by atoms with Crippen molar-refractivity contribution in [2.24, 2.45) is 0 Å². The van der Waals surface area contributed by atoms with Crippen LogP contribution in [-0.2, 0) is 10.8 Å². The van der Waals surface area contributed by atoms with E-state index in [9.17, 15) is 25.5 Å². The van der Waals surface area contributed by atoms with Gasteiger partial charge in [-0.1, -0.05) is 182 Å². The van der Waals surface area contributed by atoms with Crippen molar-refractivity contribution in [2.45, 2.75) is 10.8 Å². The highest BCUT2D eigenvalue weighted by molar-refractivity contribution is 6.14. The molecule has 0 unspecified atom stereocenters. The zero-order chi connectivity index (χ0) is 45.9. The molecular weight excluding hydrogens is 839 g/mol. The van der Waals surface area contributed by atoms with E-state index in [4.69, 9.17) is 0 Å². The number of aromatic nitrogens is 1. The first-order valence-electron chi connectivity index (χ1n) is 22.7. The van der Waals surface area contributed by atoms with Crippen molar-refractivity contribution in [1.29, 1.82) is 0 Å². The second-order valence-electron chi connectivity index (χ2n) is 17.9. The Bertz CT molecular complexity index is 3520. The van der Waals surface area contributed by atoms with E-state index in [2.05, 4.69) is 199 Å². The van der Waals surface area contributed by atoms with Crippen LogP contribution in [0.25, 0.3) is 60.9 Å². The number of phenolic OH excluding ortho intramolecular Hbond substituents is 5. The molecule has 0 radical (unpaired) electrons. The lowest BCUT2D eigenvalue weighted by atomic mass is 9.67. The monoisotopic (exact) mass is 879 g/mol. The molecule has 6 nitrogen and oxygen atoms in total. The quantitative estimate of drug-likeness (QED) is 0.0845. The Kier molecular flexibility index (Phi) is 8.40. The highest BCUT2D eigenvalue weighted by Gasteiger charge is 2.48. The first kappa shape index (κ1) is 39.4. The average molecular weight is 880 g/mol. The van der Waals surface area contributed by atoms with Crippen LogP contribution in [0.15, 0.2) is 218 Å². The molecule has 0 spiro atoms. The Morgan fingerprint density at radius 1 is 0.294 bits per heavy atom. The summed E-state index contributed by atoms with van der Waals surface area (Å²) in [5, 5.41) is 55.4. The van der Waals surface area contributed by atoms with Crippen molar-refractivity contribution < 1.29 is 25.5 Å². The van der Waals surface area contributed by atoms with Gasteiger partial charge in [-0.15, -0.1) is 0 Å². The second-order valence-corrected chi connectivity index (χ2v) is 17.9. The summed E-state index contributed by atoms with van der Waals surface area (Å²) in [7, 11) is 0. The van der Waals surface area contributed by atoms with E-state index in [1.165, 1.54) is 22.3 Å². The van der Waals surface area contributed by atoms with Crippen LogP contribution in [0.2, 0.25) is 0 Å². The number of rotatable bonds is 6. The molecule has 0 fully saturated rings. The fraction of sp³-hybridized carbons (Fsp3) is 0.0323. The maximum atomic E-state index is 11.0. The fourth-order valence-electron chi connectivity index (χ4n) is 11.9. The molecule has 13 rings (SSSR count). The van der Waals surface area contributed by atoms with Crippen LogP contribution in [0, 0.1) is 0 Å². The molecular formula is C62H41NO5. The number of nitrogens with zero attached hydrogens (tertiary/aromatic N) is 1. The third-order valence-electron chi connectivity index (χ3n) is 14.7. The Morgan fingerprint density at radius 2 is 0.632 bits per heavy atom. The highest BCUT2D eigenvalue weighted by Crippen LogP contribution is 2.61. The van der Waals surface area contributed by atoms with E-state index in [1.807, 2.05) is 12.1 Å². The summed E-state index contributed by atoms with van der Waals surface area (Å²) in [6, 6.07) is 77.5. The molecule has 0 amide bonds. The largest absolute Gasteiger partial charge is 0.504 e. The van der Waals surface area contributed by atoms with Crippen molar-refractivity contribution in [2.75, 3.05) is 0 Å². The smallest absolute Gasteiger partial charge is 0.208 e. The van der Waals surface area contributed by atoms with Gasteiger partial charge in [0.25, 0.3) is 0 Å². The highest BCUT2D eigenvalue weighted by atomic mass is 16.4. The lowest BCUT2D eigenvalue weighted by Gasteiger charge is -2.34. The van der Waals surface area contributed by atoms with Gasteiger partial charge in [-0.2, -0.15) is 0 Å². The van der Waals surface area contributed by atoms with Crippen molar-refractivity contribution >= 4 is 21.8 Å². The van der Waals surface area contributed by atoms with Crippen LogP contribution >= 0.6 is 0 Å². The maximum Gasteiger partial charge on any atom is 0.208 e. The van der Waals surface area contributed by atoms with Gasteiger partial charge in [-0.3, -0.25) is 0 Å². The van der Waals surface area contributed by atoms with Gasteiger partial charge in [0.2, 0.25) is 17.2 Å². The van der Waals surface area contributed by atoms with Crippen molar-refractivity contribution in [3.63, 3.8) is 0 Å². The number of hydrogen-bond donors (Lipinski definition) is 5. The van der Waals surface area contributed by atoms with Crippen molar-refractivity contribution in [3.05, 3.63) is 263 Å². The summed E-state index contributed by atoms with van der Waals surface area (Å²) in [5.74, 6) is -4.34. The molecule has 2 aliphatic rings. The molecule has 68 heavy (non-hydrogen) atoms. The van der Waals surface area contributed by atoms with Crippen molar-refractivity contribution in [1.82, 2.24) is 4.57 Å². The number of hydrogen-bond acceptors (Lipinski definition) is 5. The SMILES string of the molecule is Oc1c(O)c(O)c(-c2ccc(-n3c4cc5c(cc4c4cc6c(cc43)C(c3ccccc3)(c3ccccc3)c3ccccc3-6)-c3ccccc3C5(c3ccccc3)c3ccccc3)cc2)c(O)c1O. The van der Waals surface area contributed by atoms with Crippen LogP contribution in [0.5, 0.6) is 28.7 Å². The molecule has 6 heteroatoms. The minimum absolute atomic E-state index is 0.205. The van der Waals surface area contributed by atoms with Crippen molar-refractivity contribution in [3.8, 4) is 67.8 Å². The summed E-state index contributed by atoms with van der Waals surface area (Å²) in [5.41, 5.74) is 15.7. The van der Waals surface area contributed by atoms with Gasteiger partial charge in [0, 0.05) is 16.5 Å². The molecule has 0 saturated heterocycles. The van der Waals surface area contributed by atoms with Gasteiger partial charge in [0.1, 0.15) is 0 Å². The third-order valence-corrected chi connectivity index (χ3v) is 14.7. The molecule has 10 aromatic carbocycles. The fourth-order valence-corrected chi connectivity index (χ4v) is 11.9. The number of benzene rings is 10. The van der Waals surface area contributed by atoms with E-state index in [1.54, 1.807) is 12.1 Å². The van der Waals surface area contributed by atoms with Gasteiger partial charge >= 0.3 is 0 Å². The van der Waals surface area contributed by atoms with E-state index in [0.717, 1.165) is 72.0 Å². The summed E-state index contributed by atoms with van der Waals surface area (Å²) in [4.78, 5) is 0. The van der Waals surface area contributed by atoms with Gasteiger partial charge in [-0.05, 0) is 109 Å². The molecule has 0 bridgehead atoms. The lowest BCUT2D eigenvalue weighted by Crippen LogP contribution is -2.28. The van der Waals surface area contributed by atoms with Gasteiger partial charge in [-0.25, -0.2) is 0 Å². The minimum atomic E-state index is -1.00. The molecule has 1 aromatic heterocycles. The normalized spacial score (nSPS) is 13.8. The molecule has 2 aliphatic carbocycles. The van der Waals surface area contributed by atoms with E-state index < -0.39 is 39.6 Å². The molecule has 1 heterocycles. The topological polar surface area (TPSA) is 106 Å². The number of fused-ring (bicyclic) bond motifs is 9. The molecule has 324 valence electrons. The Morgan fingerprint density at radius 3 is 1.01 bits per heavy atom. The third kappa shape index (κ3) is 5.11. The van der Waals surface area contributed by atoms with E-state index >= 15 is 0 Å². The van der Waals surface area contributed by atoms with Gasteiger partial charge in [0.05, 0.1) is 27.4 Å². The molecule has 5 N–H and O–H groups in total. The Labute approximate surface area is 391 Å². The first-order chi connectivity index (χ1) is 33.3. The summed E-state index contributed by atoms with van der Waals surface area (Å²) in [6.45, 7) is 0. The summed E-state index contributed by atoms with van der Waals surface area (Å²) >= 11 is 0. The molecule has 0 aliphatic heterocycles. The van der Waals surface area contributed by atoms with Gasteiger partial charge < -0.3 is 30.1 Å². The predicted octanol–water partition coefficient (Wildman–Crippen LogP) is 13.7. The Balaban J connectivity index is 1.17. The number of aromatic hydroxyl groups is 5. The zero-order valence-electron chi connectivity index (χ0n) is 36.5. The standard InChI is InChI=1S/C62H41NO5/c64-56-55(57(65)59(67)60(68)58(56)66)37-29-31-42(32-30-37)63-53-35-51-45(43-25-13-15-27-49(43)61(51,38-17-5-1-6-18-38)39-19-7-2-8-20-39)33-47(53)48-34-46-44-26-14-16-28-50(44)62(52(46)36-54(48)63,40-21-9-3-10-22-40)41-23-11-4-12-24-41/h1-36,64-68H. The van der Waals surface area contributed by atoms with Gasteiger partial charge in [0.15, 0.2) is 11.5 Å². The minimum Gasteiger partial charge on any atom is -0.504 e. The lowest BCUT2D eigenvalue weighted by molar-refractivity contribution is 0.330. The zero-order valence-corrected chi connectivity index (χ0v) is 36.5. The summed E-state index contributed by atoms with van der Waals surface area (Å²) < 4.78 is 2.31. The van der Waals surface area contributed by atoms with E-state index in [-0.39, 0.29) is 5.56 Å². The van der Waals surface area contributed by atoms with E-state index in [0.29, 0.717) is 5.56 Å². The van der Waals surface area contributed by atoms with Crippen LogP contribution < -0.4 is 0 Å². The predicted molar refractivity (Wildman–Crippen MR) is 269 cm³/mol. The number of phenols is 5. The maximum absolute atomic E-state index is 11.0. The van der Waals surface area contributed by atoms with Crippen LogP contribution in [0.4, 0.5) is 0 Å². The molecule has 11 aromatic rings. The van der Waals surface area contributed by atoms with Crippen LogP contribution in [0.1, 0.15) is 44.5 Å². The molecule has 0 saturated carbocycles. The average Bonchev–Trinajstić information content (AvgIpc) is 3.99. The van der Waals surface area contributed by atoms with Crippen LogP contribution in [0.3, 0.4) is 0 Å². The second kappa shape index (κ2) is 14.5. The molecule has 0 atom stereocenters. The van der Waals surface area contributed by atoms with Crippen LogP contribution in [-0.4, -0.2) is 30.1 Å². The first-order valence-corrected chi connectivity index (χ1v) is 22.7. The Hall–Kier alpha value is -9.00. The summed E-state index contributed by atoms with van der Waals surface area (Å²) in [6.07, 6.45) is 0.